The quantitative estimate of drug-likeness (QED) is 0.296. The highest BCUT2D eigenvalue weighted by atomic mass is 35.5. The molecule has 0 fully saturated rings. The molecule has 8 nitrogen and oxygen atoms in total. The Morgan fingerprint density at radius 2 is 1.64 bits per heavy atom. The molecule has 0 radical (unpaired) electrons. The van der Waals surface area contributed by atoms with Gasteiger partial charge in [0.25, 0.3) is 0 Å². The van der Waals surface area contributed by atoms with Crippen LogP contribution in [0, 0.1) is 0 Å². The number of alkyl halides is 5. The van der Waals surface area contributed by atoms with Crippen molar-refractivity contribution >= 4 is 11.6 Å². The number of benzene rings is 2. The molecule has 0 aliphatic heterocycles. The number of hydrogen-bond acceptors (Lipinski definition) is 5. The molecule has 0 aliphatic carbocycles. The zero-order valence-corrected chi connectivity index (χ0v) is 21.8. The van der Waals surface area contributed by atoms with Gasteiger partial charge in [0.1, 0.15) is 6.54 Å². The number of halogens is 6. The van der Waals surface area contributed by atoms with Crippen molar-refractivity contribution < 1.29 is 27.1 Å². The minimum Gasteiger partial charge on any atom is -0.382 e. The molecule has 14 heteroatoms. The lowest BCUT2D eigenvalue weighted by Gasteiger charge is -2.16. The van der Waals surface area contributed by atoms with Crippen LogP contribution in [0.3, 0.4) is 0 Å². The predicted octanol–water partition coefficient (Wildman–Crippen LogP) is 5.15. The summed E-state index contributed by atoms with van der Waals surface area (Å²) in [6.45, 7) is 2.78. The van der Waals surface area contributed by atoms with E-state index in [2.05, 4.69) is 15.2 Å². The van der Waals surface area contributed by atoms with E-state index in [0.29, 0.717) is 22.2 Å². The van der Waals surface area contributed by atoms with Crippen molar-refractivity contribution in [2.75, 3.05) is 0 Å². The molecule has 39 heavy (non-hydrogen) atoms. The molecule has 4 rings (SSSR count). The number of aliphatic hydroxyl groups is 1. The Bertz CT molecular complexity index is 1520. The average Bonchev–Trinajstić information content (AvgIpc) is 3.41. The van der Waals surface area contributed by atoms with Gasteiger partial charge >= 0.3 is 17.8 Å². The third-order valence-corrected chi connectivity index (χ3v) is 6.13. The van der Waals surface area contributed by atoms with Gasteiger partial charge in [-0.25, -0.2) is 19.1 Å². The summed E-state index contributed by atoms with van der Waals surface area (Å²) in [4.78, 5) is 17.1. The maximum atomic E-state index is 14.6. The summed E-state index contributed by atoms with van der Waals surface area (Å²) >= 11 is 5.90. The number of para-hydroxylation sites is 1. The van der Waals surface area contributed by atoms with Crippen LogP contribution in [0.5, 0.6) is 0 Å². The third-order valence-electron chi connectivity index (χ3n) is 5.88. The number of aliphatic hydroxyl groups excluding tert-OH is 1. The zero-order chi connectivity index (χ0) is 28.7. The van der Waals surface area contributed by atoms with Crippen LogP contribution >= 0.6 is 11.6 Å². The third kappa shape index (κ3) is 6.04. The van der Waals surface area contributed by atoms with Crippen LogP contribution in [-0.4, -0.2) is 46.5 Å². The van der Waals surface area contributed by atoms with Crippen molar-refractivity contribution in [3.63, 3.8) is 0 Å². The van der Waals surface area contributed by atoms with Crippen molar-refractivity contribution in [2.24, 2.45) is 0 Å². The molecule has 0 saturated heterocycles. The van der Waals surface area contributed by atoms with E-state index in [4.69, 9.17) is 11.6 Å². The lowest BCUT2D eigenvalue weighted by atomic mass is 10.0. The highest BCUT2D eigenvalue weighted by Gasteiger charge is 2.39. The normalized spacial score (nSPS) is 13.3. The van der Waals surface area contributed by atoms with E-state index in [0.717, 1.165) is 14.9 Å². The first kappa shape index (κ1) is 28.4. The van der Waals surface area contributed by atoms with E-state index in [9.17, 15) is 31.9 Å². The summed E-state index contributed by atoms with van der Waals surface area (Å²) < 4.78 is 70.9. The molecule has 0 bridgehead atoms. The van der Waals surface area contributed by atoms with Gasteiger partial charge in [-0.3, -0.25) is 4.57 Å². The maximum Gasteiger partial charge on any atom is 0.416 e. The monoisotopic (exact) mass is 570 g/mol. The highest BCUT2D eigenvalue weighted by molar-refractivity contribution is 6.30. The molecule has 2 aromatic carbocycles. The molecule has 1 unspecified atom stereocenters. The topological polar surface area (TPSA) is 90.8 Å². The Hall–Kier alpha value is -3.58. The van der Waals surface area contributed by atoms with Crippen LogP contribution < -0.4 is 5.69 Å². The largest absolute Gasteiger partial charge is 0.416 e. The number of rotatable bonds is 8. The van der Waals surface area contributed by atoms with E-state index in [1.165, 1.54) is 24.3 Å². The van der Waals surface area contributed by atoms with Crippen LogP contribution in [0.2, 0.25) is 5.02 Å². The standard InChI is InChI=1S/C25H24ClF5N6O2/c1-14(2)17-6-4-5-7-18(17)37-22(24(3,27)28)32-20(33-37)13-36-23(39)35(12-19(38)25(29,30)31)21(34-36)15-8-10-16(26)11-9-15/h4-11,14,19,38H,12-13H2,1-3H3. The number of aromatic nitrogens is 6. The second-order valence-corrected chi connectivity index (χ2v) is 9.74. The van der Waals surface area contributed by atoms with Crippen molar-refractivity contribution in [3.8, 4) is 17.1 Å². The van der Waals surface area contributed by atoms with Crippen LogP contribution in [0.15, 0.2) is 53.3 Å². The molecule has 0 aliphatic rings. The van der Waals surface area contributed by atoms with E-state index >= 15 is 0 Å². The predicted molar refractivity (Wildman–Crippen MR) is 133 cm³/mol. The van der Waals surface area contributed by atoms with Crippen LogP contribution in [0.4, 0.5) is 22.0 Å². The molecule has 4 aromatic rings. The summed E-state index contributed by atoms with van der Waals surface area (Å²) in [6.07, 6.45) is -7.85. The van der Waals surface area contributed by atoms with Gasteiger partial charge < -0.3 is 5.11 Å². The molecular formula is C25H24ClF5N6O2. The van der Waals surface area contributed by atoms with Crippen molar-refractivity contribution in [3.05, 3.63) is 81.3 Å². The molecular weight excluding hydrogens is 547 g/mol. The maximum absolute atomic E-state index is 14.6. The Balaban J connectivity index is 1.82. The number of nitrogens with zero attached hydrogens (tertiary/aromatic N) is 6. The second kappa shape index (κ2) is 10.5. The van der Waals surface area contributed by atoms with Gasteiger partial charge in [-0.15, -0.1) is 10.2 Å². The van der Waals surface area contributed by atoms with Gasteiger partial charge in [-0.2, -0.15) is 22.0 Å². The Labute approximate surface area is 224 Å². The van der Waals surface area contributed by atoms with E-state index in [1.807, 2.05) is 13.8 Å². The number of hydrogen-bond donors (Lipinski definition) is 1. The summed E-state index contributed by atoms with van der Waals surface area (Å²) in [6, 6.07) is 12.6. The molecule has 2 heterocycles. The van der Waals surface area contributed by atoms with Crippen LogP contribution in [0.1, 0.15) is 43.9 Å². The minimum atomic E-state index is -5.00. The molecule has 208 valence electrons. The SMILES string of the molecule is CC(C)c1ccccc1-n1nc(Cn2nc(-c3ccc(Cl)cc3)n(CC(O)C(F)(F)F)c2=O)nc1C(C)(F)F. The first-order valence-electron chi connectivity index (χ1n) is 11.8. The van der Waals surface area contributed by atoms with Crippen molar-refractivity contribution in [2.45, 2.75) is 58.0 Å². The fourth-order valence-corrected chi connectivity index (χ4v) is 4.10. The molecule has 1 atom stereocenters. The first-order valence-corrected chi connectivity index (χ1v) is 12.2. The van der Waals surface area contributed by atoms with Crippen LogP contribution in [0.25, 0.3) is 17.1 Å². The molecule has 1 N–H and O–H groups in total. The van der Waals surface area contributed by atoms with Gasteiger partial charge in [0, 0.05) is 17.5 Å². The van der Waals surface area contributed by atoms with Gasteiger partial charge in [0.15, 0.2) is 17.8 Å². The Morgan fingerprint density at radius 3 is 2.23 bits per heavy atom. The van der Waals surface area contributed by atoms with Gasteiger partial charge in [0.2, 0.25) is 5.82 Å². The van der Waals surface area contributed by atoms with E-state index < -0.39 is 42.8 Å². The van der Waals surface area contributed by atoms with E-state index in [-0.39, 0.29) is 23.1 Å². The van der Waals surface area contributed by atoms with E-state index in [1.54, 1.807) is 24.3 Å². The summed E-state index contributed by atoms with van der Waals surface area (Å²) in [5, 5.41) is 18.3. The lowest BCUT2D eigenvalue weighted by molar-refractivity contribution is -0.207. The molecule has 0 saturated carbocycles. The Kier molecular flexibility index (Phi) is 7.68. The highest BCUT2D eigenvalue weighted by Crippen LogP contribution is 2.31. The minimum absolute atomic E-state index is 0.0347. The van der Waals surface area contributed by atoms with Gasteiger partial charge in [0.05, 0.1) is 12.2 Å². The van der Waals surface area contributed by atoms with Crippen molar-refractivity contribution in [1.82, 2.24) is 29.1 Å². The van der Waals surface area contributed by atoms with Gasteiger partial charge in [-0.05, 0) is 41.8 Å². The fraction of sp³-hybridized carbons (Fsp3) is 0.360. The fourth-order valence-electron chi connectivity index (χ4n) is 3.97. The average molecular weight is 571 g/mol. The second-order valence-electron chi connectivity index (χ2n) is 9.30. The molecule has 2 aromatic heterocycles. The summed E-state index contributed by atoms with van der Waals surface area (Å²) in [5.74, 6) is -4.53. The molecule has 0 spiro atoms. The Morgan fingerprint density at radius 1 is 1.00 bits per heavy atom. The summed E-state index contributed by atoms with van der Waals surface area (Å²) in [7, 11) is 0. The van der Waals surface area contributed by atoms with Crippen molar-refractivity contribution in [1.29, 1.82) is 0 Å². The smallest absolute Gasteiger partial charge is 0.382 e. The zero-order valence-electron chi connectivity index (χ0n) is 21.0. The van der Waals surface area contributed by atoms with Crippen LogP contribution in [-0.2, 0) is 19.0 Å². The first-order chi connectivity index (χ1) is 18.2. The van der Waals surface area contributed by atoms with Gasteiger partial charge in [-0.1, -0.05) is 43.6 Å². The summed E-state index contributed by atoms with van der Waals surface area (Å²) in [5.41, 5.74) is 0.324. The molecule has 0 amide bonds. The lowest BCUT2D eigenvalue weighted by Crippen LogP contribution is -2.37.